The molecule has 1 heterocycles. The molecule has 0 radical (unpaired) electrons. The van der Waals surface area contributed by atoms with Crippen LogP contribution in [0.15, 0.2) is 36.7 Å². The Bertz CT molecular complexity index is 1060. The summed E-state index contributed by atoms with van der Waals surface area (Å²) in [5, 5.41) is 4.31. The third-order valence-corrected chi connectivity index (χ3v) is 3.48. The van der Waals surface area contributed by atoms with E-state index in [1.54, 1.807) is 0 Å². The predicted molar refractivity (Wildman–Crippen MR) is 85.9 cm³/mol. The van der Waals surface area contributed by atoms with Crippen LogP contribution in [0.5, 0.6) is 0 Å². The monoisotopic (exact) mass is 398 g/mol. The lowest BCUT2D eigenvalue weighted by molar-refractivity contribution is 0.102. The number of hydrogen-bond acceptors (Lipinski definition) is 4. The highest BCUT2D eigenvalue weighted by Crippen LogP contribution is 2.22. The smallest absolute Gasteiger partial charge is 0.258 e. The van der Waals surface area contributed by atoms with Crippen molar-refractivity contribution in [1.82, 2.24) is 9.97 Å². The van der Waals surface area contributed by atoms with Gasteiger partial charge in [0.15, 0.2) is 34.9 Å². The third kappa shape index (κ3) is 3.72. The van der Waals surface area contributed by atoms with Crippen molar-refractivity contribution in [3.8, 4) is 0 Å². The van der Waals surface area contributed by atoms with E-state index in [1.165, 1.54) is 0 Å². The summed E-state index contributed by atoms with van der Waals surface area (Å²) in [5.41, 5.74) is -1.24. The molecule has 2 aromatic carbocycles. The quantitative estimate of drug-likeness (QED) is 0.508. The highest BCUT2D eigenvalue weighted by Gasteiger charge is 2.17. The first-order valence-electron chi connectivity index (χ1n) is 7.45. The predicted octanol–water partition coefficient (Wildman–Crippen LogP) is 4.31. The van der Waals surface area contributed by atoms with E-state index < -0.39 is 52.2 Å². The molecule has 0 unspecified atom stereocenters. The molecule has 0 spiro atoms. The second-order valence-electron chi connectivity index (χ2n) is 5.32. The van der Waals surface area contributed by atoms with E-state index in [9.17, 15) is 31.1 Å². The van der Waals surface area contributed by atoms with Crippen molar-refractivity contribution in [2.75, 3.05) is 10.6 Å². The summed E-state index contributed by atoms with van der Waals surface area (Å²) in [4.78, 5) is 19.4. The molecule has 3 aromatic rings. The first-order chi connectivity index (χ1) is 13.3. The third-order valence-electron chi connectivity index (χ3n) is 3.48. The molecule has 0 bridgehead atoms. The van der Waals surface area contributed by atoms with Crippen LogP contribution in [0.3, 0.4) is 0 Å². The summed E-state index contributed by atoms with van der Waals surface area (Å²) in [7, 11) is 0. The van der Waals surface area contributed by atoms with Gasteiger partial charge < -0.3 is 10.6 Å². The van der Waals surface area contributed by atoms with Gasteiger partial charge in [-0.2, -0.15) is 0 Å². The fourth-order valence-electron chi connectivity index (χ4n) is 2.07. The Labute approximate surface area is 153 Å². The number of rotatable bonds is 4. The Morgan fingerprint density at radius 3 is 1.79 bits per heavy atom. The van der Waals surface area contributed by atoms with Gasteiger partial charge in [-0.25, -0.2) is 36.3 Å². The molecule has 1 amide bonds. The molecule has 0 aliphatic carbocycles. The van der Waals surface area contributed by atoms with Crippen molar-refractivity contribution >= 4 is 23.2 Å². The first kappa shape index (κ1) is 19.1. The SMILES string of the molecule is O=C(Nc1ccc(F)c(F)c1F)c1cnc(Nc2ccc(F)c(F)c2F)nc1. The minimum Gasteiger partial charge on any atom is -0.322 e. The normalized spacial score (nSPS) is 10.6. The maximum absolute atomic E-state index is 13.6. The van der Waals surface area contributed by atoms with Gasteiger partial charge in [0.1, 0.15) is 0 Å². The molecular formula is C17H8F6N4O. The summed E-state index contributed by atoms with van der Waals surface area (Å²) in [6.45, 7) is 0. The highest BCUT2D eigenvalue weighted by atomic mass is 19.2. The average molecular weight is 398 g/mol. The van der Waals surface area contributed by atoms with E-state index >= 15 is 0 Å². The Kier molecular flexibility index (Phi) is 5.16. The van der Waals surface area contributed by atoms with Crippen LogP contribution < -0.4 is 10.6 Å². The average Bonchev–Trinajstić information content (AvgIpc) is 2.69. The number of nitrogens with one attached hydrogen (secondary N) is 2. The number of amides is 1. The van der Waals surface area contributed by atoms with Crippen molar-refractivity contribution in [1.29, 1.82) is 0 Å². The fraction of sp³-hybridized carbons (Fsp3) is 0. The molecular weight excluding hydrogens is 390 g/mol. The van der Waals surface area contributed by atoms with Gasteiger partial charge in [0, 0.05) is 12.4 Å². The maximum Gasteiger partial charge on any atom is 0.258 e. The van der Waals surface area contributed by atoms with E-state index in [4.69, 9.17) is 0 Å². The minimum absolute atomic E-state index is 0.194. The molecule has 3 rings (SSSR count). The van der Waals surface area contributed by atoms with Crippen molar-refractivity contribution in [3.63, 3.8) is 0 Å². The zero-order valence-electron chi connectivity index (χ0n) is 13.5. The van der Waals surface area contributed by atoms with E-state index in [-0.39, 0.29) is 11.5 Å². The van der Waals surface area contributed by atoms with Gasteiger partial charge in [-0.1, -0.05) is 0 Å². The van der Waals surface area contributed by atoms with Crippen LogP contribution >= 0.6 is 0 Å². The van der Waals surface area contributed by atoms with Gasteiger partial charge in [0.05, 0.1) is 16.9 Å². The van der Waals surface area contributed by atoms with Crippen LogP contribution in [0, 0.1) is 34.9 Å². The second kappa shape index (κ2) is 7.55. The summed E-state index contributed by atoms with van der Waals surface area (Å²) in [5.74, 6) is -10.5. The highest BCUT2D eigenvalue weighted by molar-refractivity contribution is 6.04. The summed E-state index contributed by atoms with van der Waals surface area (Å²) in [6.07, 6.45) is 1.92. The number of carbonyl (C=O) groups excluding carboxylic acids is 1. The Morgan fingerprint density at radius 1 is 0.714 bits per heavy atom. The van der Waals surface area contributed by atoms with Crippen LogP contribution in [0.25, 0.3) is 0 Å². The number of anilines is 3. The lowest BCUT2D eigenvalue weighted by Crippen LogP contribution is -2.15. The molecule has 5 nitrogen and oxygen atoms in total. The van der Waals surface area contributed by atoms with Crippen molar-refractivity contribution in [3.05, 3.63) is 77.1 Å². The molecule has 28 heavy (non-hydrogen) atoms. The number of aromatic nitrogens is 2. The molecule has 11 heteroatoms. The Hall–Kier alpha value is -3.63. The molecule has 0 fully saturated rings. The number of benzene rings is 2. The standard InChI is InChI=1S/C17H8F6N4O/c18-8-1-3-10(14(22)12(8)20)26-16(28)7-5-24-17(25-6-7)27-11-4-2-9(19)13(21)15(11)23/h1-6H,(H,26,28)(H,24,25,27). The molecule has 0 saturated heterocycles. The summed E-state index contributed by atoms with van der Waals surface area (Å²) >= 11 is 0. The van der Waals surface area contributed by atoms with E-state index in [0.29, 0.717) is 12.1 Å². The number of carbonyl (C=O) groups is 1. The van der Waals surface area contributed by atoms with Crippen LogP contribution in [0.1, 0.15) is 10.4 Å². The molecule has 144 valence electrons. The zero-order valence-corrected chi connectivity index (χ0v) is 13.5. The number of halogens is 6. The van der Waals surface area contributed by atoms with Gasteiger partial charge in [-0.3, -0.25) is 4.79 Å². The van der Waals surface area contributed by atoms with E-state index in [1.807, 2.05) is 5.32 Å². The largest absolute Gasteiger partial charge is 0.322 e. The summed E-state index contributed by atoms with van der Waals surface area (Å²) in [6, 6.07) is 3.07. The molecule has 2 N–H and O–H groups in total. The van der Waals surface area contributed by atoms with E-state index in [0.717, 1.165) is 24.5 Å². The number of hydrogen-bond donors (Lipinski definition) is 2. The molecule has 0 aliphatic heterocycles. The Morgan fingerprint density at radius 2 is 1.21 bits per heavy atom. The van der Waals surface area contributed by atoms with Crippen LogP contribution in [0.4, 0.5) is 43.7 Å². The summed E-state index contributed by atoms with van der Waals surface area (Å²) < 4.78 is 79.4. The van der Waals surface area contributed by atoms with E-state index in [2.05, 4.69) is 15.3 Å². The van der Waals surface area contributed by atoms with Crippen molar-refractivity contribution in [2.45, 2.75) is 0 Å². The Balaban J connectivity index is 1.75. The first-order valence-corrected chi connectivity index (χ1v) is 7.45. The molecule has 0 atom stereocenters. The minimum atomic E-state index is -1.75. The van der Waals surface area contributed by atoms with Crippen LogP contribution in [0.2, 0.25) is 0 Å². The fourth-order valence-corrected chi connectivity index (χ4v) is 2.07. The van der Waals surface area contributed by atoms with Crippen LogP contribution in [-0.4, -0.2) is 15.9 Å². The molecule has 0 saturated carbocycles. The zero-order chi connectivity index (χ0) is 20.4. The van der Waals surface area contributed by atoms with Gasteiger partial charge in [0.25, 0.3) is 5.91 Å². The van der Waals surface area contributed by atoms with Gasteiger partial charge in [-0.05, 0) is 24.3 Å². The topological polar surface area (TPSA) is 66.9 Å². The van der Waals surface area contributed by atoms with Crippen molar-refractivity contribution in [2.24, 2.45) is 0 Å². The van der Waals surface area contributed by atoms with Crippen LogP contribution in [-0.2, 0) is 0 Å². The lowest BCUT2D eigenvalue weighted by Gasteiger charge is -2.09. The molecule has 1 aromatic heterocycles. The molecule has 0 aliphatic rings. The van der Waals surface area contributed by atoms with Gasteiger partial charge >= 0.3 is 0 Å². The van der Waals surface area contributed by atoms with Gasteiger partial charge in [-0.15, -0.1) is 0 Å². The second-order valence-corrected chi connectivity index (χ2v) is 5.32. The number of nitrogens with zero attached hydrogens (tertiary/aromatic N) is 2. The lowest BCUT2D eigenvalue weighted by atomic mass is 10.2. The maximum atomic E-state index is 13.6. The van der Waals surface area contributed by atoms with Gasteiger partial charge in [0.2, 0.25) is 5.95 Å². The van der Waals surface area contributed by atoms with Crippen molar-refractivity contribution < 1.29 is 31.1 Å².